The van der Waals surface area contributed by atoms with Crippen LogP contribution >= 0.6 is 0 Å². The summed E-state index contributed by atoms with van der Waals surface area (Å²) < 4.78 is 16.9. The molecule has 0 unspecified atom stereocenters. The summed E-state index contributed by atoms with van der Waals surface area (Å²) in [5.74, 6) is -0.854. The molecular weight excluding hydrogens is 284 g/mol. The SMILES string of the molecule is C/C=C/C=C/C=C(\C)[C@@H]1OC[C@H](C)[C@H](OC)[C@H]1OCC(=O)O. The highest BCUT2D eigenvalue weighted by Crippen LogP contribution is 2.28. The Hall–Kier alpha value is -1.43. The van der Waals surface area contributed by atoms with E-state index in [0.717, 1.165) is 5.57 Å². The third-order valence-electron chi connectivity index (χ3n) is 3.62. The van der Waals surface area contributed by atoms with Crippen molar-refractivity contribution in [1.29, 1.82) is 0 Å². The van der Waals surface area contributed by atoms with Gasteiger partial charge in [0.2, 0.25) is 0 Å². The zero-order chi connectivity index (χ0) is 16.5. The van der Waals surface area contributed by atoms with Gasteiger partial charge in [-0.1, -0.05) is 37.3 Å². The predicted molar refractivity (Wildman–Crippen MR) is 84.8 cm³/mol. The van der Waals surface area contributed by atoms with E-state index in [2.05, 4.69) is 0 Å². The molecule has 0 radical (unpaired) electrons. The molecule has 5 nitrogen and oxygen atoms in total. The monoisotopic (exact) mass is 310 g/mol. The second-order valence-electron chi connectivity index (χ2n) is 5.42. The topological polar surface area (TPSA) is 65.0 Å². The van der Waals surface area contributed by atoms with Crippen LogP contribution in [0.15, 0.2) is 36.0 Å². The summed E-state index contributed by atoms with van der Waals surface area (Å²) in [4.78, 5) is 10.8. The van der Waals surface area contributed by atoms with E-state index in [9.17, 15) is 4.79 Å². The molecule has 0 aromatic rings. The van der Waals surface area contributed by atoms with Crippen LogP contribution in [0.25, 0.3) is 0 Å². The number of methoxy groups -OCH3 is 1. The fraction of sp³-hybridized carbons (Fsp3) is 0.588. The summed E-state index contributed by atoms with van der Waals surface area (Å²) in [5, 5.41) is 8.85. The minimum atomic E-state index is -0.999. The number of aliphatic carboxylic acids is 1. The first-order chi connectivity index (χ1) is 10.5. The minimum absolute atomic E-state index is 0.145. The van der Waals surface area contributed by atoms with Crippen molar-refractivity contribution in [2.24, 2.45) is 5.92 Å². The summed E-state index contributed by atoms with van der Waals surface area (Å²) >= 11 is 0. The van der Waals surface area contributed by atoms with E-state index in [-0.39, 0.29) is 24.7 Å². The Labute approximate surface area is 132 Å². The Bertz CT molecular complexity index is 438. The molecule has 0 saturated carbocycles. The number of hydrogen-bond acceptors (Lipinski definition) is 4. The highest BCUT2D eigenvalue weighted by atomic mass is 16.6. The first kappa shape index (κ1) is 18.6. The average Bonchev–Trinajstić information content (AvgIpc) is 2.49. The van der Waals surface area contributed by atoms with Gasteiger partial charge in [-0.15, -0.1) is 0 Å². The van der Waals surface area contributed by atoms with Crippen LogP contribution in [0.3, 0.4) is 0 Å². The second-order valence-corrected chi connectivity index (χ2v) is 5.42. The van der Waals surface area contributed by atoms with E-state index < -0.39 is 12.1 Å². The summed E-state index contributed by atoms with van der Waals surface area (Å²) in [6.45, 7) is 6.10. The first-order valence-electron chi connectivity index (χ1n) is 7.45. The van der Waals surface area contributed by atoms with Crippen molar-refractivity contribution in [3.63, 3.8) is 0 Å². The number of allylic oxidation sites excluding steroid dienone is 5. The average molecular weight is 310 g/mol. The third kappa shape index (κ3) is 5.40. The molecule has 124 valence electrons. The van der Waals surface area contributed by atoms with Crippen LogP contribution in [0, 0.1) is 5.92 Å². The molecule has 0 bridgehead atoms. The van der Waals surface area contributed by atoms with Crippen LogP contribution in [-0.2, 0) is 19.0 Å². The smallest absolute Gasteiger partial charge is 0.329 e. The molecule has 4 atom stereocenters. The van der Waals surface area contributed by atoms with Crippen LogP contribution in [-0.4, -0.2) is 49.7 Å². The summed E-state index contributed by atoms with van der Waals surface area (Å²) in [5.41, 5.74) is 0.977. The predicted octanol–water partition coefficient (Wildman–Crippen LogP) is 2.58. The van der Waals surface area contributed by atoms with Gasteiger partial charge in [-0.25, -0.2) is 4.79 Å². The van der Waals surface area contributed by atoms with E-state index in [0.29, 0.717) is 6.61 Å². The van der Waals surface area contributed by atoms with Crippen molar-refractivity contribution in [3.05, 3.63) is 36.0 Å². The number of rotatable bonds is 7. The van der Waals surface area contributed by atoms with Crippen LogP contribution < -0.4 is 0 Å². The summed E-state index contributed by atoms with van der Waals surface area (Å²) in [6.07, 6.45) is 8.74. The van der Waals surface area contributed by atoms with Crippen molar-refractivity contribution >= 4 is 5.97 Å². The largest absolute Gasteiger partial charge is 0.480 e. The molecule has 0 aromatic heterocycles. The lowest BCUT2D eigenvalue weighted by atomic mass is 9.90. The molecule has 1 heterocycles. The molecular formula is C17H26O5. The summed E-state index contributed by atoms with van der Waals surface area (Å²) in [7, 11) is 1.62. The fourth-order valence-electron chi connectivity index (χ4n) is 2.53. The molecule has 1 aliphatic heterocycles. The Morgan fingerprint density at radius 2 is 2.05 bits per heavy atom. The minimum Gasteiger partial charge on any atom is -0.480 e. The van der Waals surface area contributed by atoms with Gasteiger partial charge in [-0.3, -0.25) is 0 Å². The zero-order valence-electron chi connectivity index (χ0n) is 13.7. The summed E-state index contributed by atoms with van der Waals surface area (Å²) in [6, 6.07) is 0. The molecule has 22 heavy (non-hydrogen) atoms. The van der Waals surface area contributed by atoms with Gasteiger partial charge in [0, 0.05) is 13.0 Å². The Balaban J connectivity index is 2.89. The molecule has 0 aromatic carbocycles. The highest BCUT2D eigenvalue weighted by Gasteiger charge is 2.40. The van der Waals surface area contributed by atoms with Crippen LogP contribution in [0.1, 0.15) is 20.8 Å². The third-order valence-corrected chi connectivity index (χ3v) is 3.62. The van der Waals surface area contributed by atoms with Crippen LogP contribution in [0.5, 0.6) is 0 Å². The van der Waals surface area contributed by atoms with Crippen molar-refractivity contribution in [2.75, 3.05) is 20.3 Å². The van der Waals surface area contributed by atoms with E-state index >= 15 is 0 Å². The van der Waals surface area contributed by atoms with Gasteiger partial charge in [-0.05, 0) is 19.4 Å². The molecule has 1 saturated heterocycles. The van der Waals surface area contributed by atoms with Crippen molar-refractivity contribution in [1.82, 2.24) is 0 Å². The number of carboxylic acid groups (broad SMARTS) is 1. The lowest BCUT2D eigenvalue weighted by Gasteiger charge is -2.41. The molecule has 0 aliphatic carbocycles. The first-order valence-corrected chi connectivity index (χ1v) is 7.45. The number of ether oxygens (including phenoxy) is 3. The molecule has 1 N–H and O–H groups in total. The van der Waals surface area contributed by atoms with Crippen LogP contribution in [0.4, 0.5) is 0 Å². The molecule has 1 fully saturated rings. The lowest BCUT2D eigenvalue weighted by Crippen LogP contribution is -2.52. The maximum absolute atomic E-state index is 10.8. The lowest BCUT2D eigenvalue weighted by molar-refractivity contribution is -0.186. The number of carbonyl (C=O) groups is 1. The van der Waals surface area contributed by atoms with Gasteiger partial charge >= 0.3 is 5.97 Å². The molecule has 1 aliphatic rings. The van der Waals surface area contributed by atoms with Gasteiger partial charge in [-0.2, -0.15) is 0 Å². The normalized spacial score (nSPS) is 30.3. The van der Waals surface area contributed by atoms with E-state index in [1.165, 1.54) is 0 Å². The Morgan fingerprint density at radius 3 is 2.64 bits per heavy atom. The molecule has 0 spiro atoms. The van der Waals surface area contributed by atoms with Crippen LogP contribution in [0.2, 0.25) is 0 Å². The van der Waals surface area contributed by atoms with Gasteiger partial charge in [0.1, 0.15) is 18.8 Å². The van der Waals surface area contributed by atoms with Crippen molar-refractivity contribution in [2.45, 2.75) is 39.1 Å². The Kier molecular flexibility index (Phi) is 8.09. The maximum Gasteiger partial charge on any atom is 0.329 e. The number of carboxylic acids is 1. The van der Waals surface area contributed by atoms with E-state index in [1.807, 2.05) is 51.2 Å². The molecule has 0 amide bonds. The highest BCUT2D eigenvalue weighted by molar-refractivity contribution is 5.68. The van der Waals surface area contributed by atoms with Gasteiger partial charge in [0.05, 0.1) is 12.7 Å². The van der Waals surface area contributed by atoms with E-state index in [4.69, 9.17) is 19.3 Å². The molecule has 1 rings (SSSR count). The maximum atomic E-state index is 10.8. The fourth-order valence-corrected chi connectivity index (χ4v) is 2.53. The number of hydrogen-bond donors (Lipinski definition) is 1. The van der Waals surface area contributed by atoms with Crippen molar-refractivity contribution < 1.29 is 24.1 Å². The quantitative estimate of drug-likeness (QED) is 0.732. The second kappa shape index (κ2) is 9.56. The van der Waals surface area contributed by atoms with E-state index in [1.54, 1.807) is 7.11 Å². The van der Waals surface area contributed by atoms with Crippen molar-refractivity contribution in [3.8, 4) is 0 Å². The van der Waals surface area contributed by atoms with Gasteiger partial charge < -0.3 is 19.3 Å². The zero-order valence-corrected chi connectivity index (χ0v) is 13.7. The molecule has 5 heteroatoms. The standard InChI is InChI=1S/C17H26O5/c1-5-6-7-8-9-12(2)16-17(22-11-14(18)19)15(20-4)13(3)10-21-16/h5-9,13,15-17H,10-11H2,1-4H3,(H,18,19)/b6-5+,8-7+,12-9+/t13-,15-,16-,17+/m0/s1. The van der Waals surface area contributed by atoms with Gasteiger partial charge in [0.25, 0.3) is 0 Å². The Morgan fingerprint density at radius 1 is 1.32 bits per heavy atom. The van der Waals surface area contributed by atoms with Gasteiger partial charge in [0.15, 0.2) is 0 Å².